The summed E-state index contributed by atoms with van der Waals surface area (Å²) in [6.07, 6.45) is 4.56. The molecule has 2 atom stereocenters. The highest BCUT2D eigenvalue weighted by atomic mass is 35.5. The van der Waals surface area contributed by atoms with Gasteiger partial charge in [0.2, 0.25) is 5.91 Å². The smallest absolute Gasteiger partial charge is 0.226 e. The molecule has 2 fully saturated rings. The molecule has 0 aromatic heterocycles. The van der Waals surface area contributed by atoms with Gasteiger partial charge < -0.3 is 10.2 Å². The molecule has 1 N–H and O–H groups in total. The Hall–Kier alpha value is -1.06. The summed E-state index contributed by atoms with van der Waals surface area (Å²) in [6.45, 7) is 5.07. The van der Waals surface area contributed by atoms with Crippen LogP contribution in [0.3, 0.4) is 0 Å². The van der Waals surface area contributed by atoms with Gasteiger partial charge in [0.15, 0.2) is 0 Å². The first-order valence-electron chi connectivity index (χ1n) is 8.31. The Labute approximate surface area is 139 Å². The number of nitrogens with zero attached hydrogens (tertiary/aromatic N) is 1. The molecule has 2 unspecified atom stereocenters. The van der Waals surface area contributed by atoms with E-state index < -0.39 is 0 Å². The monoisotopic (exact) mass is 322 g/mol. The summed E-state index contributed by atoms with van der Waals surface area (Å²) < 4.78 is 0. The molecule has 3 rings (SSSR count). The maximum absolute atomic E-state index is 12.8. The second kappa shape index (κ2) is 7.98. The van der Waals surface area contributed by atoms with Gasteiger partial charge in [-0.3, -0.25) is 4.79 Å². The summed E-state index contributed by atoms with van der Waals surface area (Å²) in [5, 5.41) is 3.28. The van der Waals surface area contributed by atoms with Gasteiger partial charge in [0.05, 0.1) is 0 Å². The minimum Gasteiger partial charge on any atom is -0.339 e. The predicted octanol–water partition coefficient (Wildman–Crippen LogP) is 2.89. The number of nitrogens with one attached hydrogen (secondary N) is 1. The normalized spacial score (nSPS) is 23.3. The summed E-state index contributed by atoms with van der Waals surface area (Å²) in [5.74, 6) is 1.08. The minimum absolute atomic E-state index is 0. The average molecular weight is 323 g/mol. The Morgan fingerprint density at radius 2 is 2.00 bits per heavy atom. The van der Waals surface area contributed by atoms with Gasteiger partial charge in [0, 0.05) is 18.5 Å². The summed E-state index contributed by atoms with van der Waals surface area (Å²) in [7, 11) is 0. The topological polar surface area (TPSA) is 32.3 Å². The van der Waals surface area contributed by atoms with Crippen LogP contribution in [0.5, 0.6) is 0 Å². The van der Waals surface area contributed by atoms with Crippen LogP contribution in [0.25, 0.3) is 0 Å². The molecule has 1 amide bonds. The fraction of sp³-hybridized carbons (Fsp3) is 0.611. The molecular formula is C18H27ClN2O. The number of rotatable bonds is 4. The quantitative estimate of drug-likeness (QED) is 0.924. The maximum atomic E-state index is 12.8. The van der Waals surface area contributed by atoms with Crippen LogP contribution in [-0.2, 0) is 11.2 Å². The van der Waals surface area contributed by atoms with Gasteiger partial charge in [-0.15, -0.1) is 12.4 Å². The second-order valence-corrected chi connectivity index (χ2v) is 6.58. The molecular weight excluding hydrogens is 296 g/mol. The van der Waals surface area contributed by atoms with E-state index >= 15 is 0 Å². The van der Waals surface area contributed by atoms with Crippen LogP contribution in [0.2, 0.25) is 0 Å². The summed E-state index contributed by atoms with van der Waals surface area (Å²) in [5.41, 5.74) is 1.35. The van der Waals surface area contributed by atoms with Gasteiger partial charge in [0.1, 0.15) is 0 Å². The van der Waals surface area contributed by atoms with Crippen molar-refractivity contribution < 1.29 is 4.79 Å². The van der Waals surface area contributed by atoms with Crippen molar-refractivity contribution in [1.82, 2.24) is 10.2 Å². The number of piperidine rings is 1. The zero-order chi connectivity index (χ0) is 14.7. The molecule has 122 valence electrons. The fourth-order valence-electron chi connectivity index (χ4n) is 3.52. The minimum atomic E-state index is 0. The van der Waals surface area contributed by atoms with Gasteiger partial charge in [-0.1, -0.05) is 37.3 Å². The van der Waals surface area contributed by atoms with E-state index in [1.54, 1.807) is 0 Å². The third-order valence-corrected chi connectivity index (χ3v) is 5.13. The Bertz CT molecular complexity index is 475. The van der Waals surface area contributed by atoms with E-state index in [0.29, 0.717) is 17.9 Å². The first kappa shape index (κ1) is 17.3. The van der Waals surface area contributed by atoms with E-state index in [2.05, 4.69) is 47.5 Å². The first-order chi connectivity index (χ1) is 10.3. The van der Waals surface area contributed by atoms with Crippen LogP contribution in [0.4, 0.5) is 0 Å². The molecule has 2 saturated heterocycles. The summed E-state index contributed by atoms with van der Waals surface area (Å²) in [6, 6.07) is 11.0. The maximum Gasteiger partial charge on any atom is 0.226 e. The number of amides is 1. The SMILES string of the molecule is CC(C(=O)N1CCCCC1Cc1ccccc1)C1CNC1.Cl. The van der Waals surface area contributed by atoms with E-state index in [9.17, 15) is 4.79 Å². The van der Waals surface area contributed by atoms with Gasteiger partial charge >= 0.3 is 0 Å². The second-order valence-electron chi connectivity index (χ2n) is 6.58. The molecule has 2 heterocycles. The van der Waals surface area contributed by atoms with Gasteiger partial charge in [-0.2, -0.15) is 0 Å². The zero-order valence-electron chi connectivity index (χ0n) is 13.3. The molecule has 2 aliphatic heterocycles. The highest BCUT2D eigenvalue weighted by Gasteiger charge is 2.35. The van der Waals surface area contributed by atoms with E-state index in [-0.39, 0.29) is 18.3 Å². The third-order valence-electron chi connectivity index (χ3n) is 5.13. The Balaban J connectivity index is 0.00000176. The number of hydrogen-bond donors (Lipinski definition) is 1. The number of carbonyl (C=O) groups is 1. The third kappa shape index (κ3) is 3.82. The van der Waals surface area contributed by atoms with Crippen LogP contribution in [0.15, 0.2) is 30.3 Å². The van der Waals surface area contributed by atoms with Gasteiger partial charge in [-0.25, -0.2) is 0 Å². The summed E-state index contributed by atoms with van der Waals surface area (Å²) in [4.78, 5) is 15.0. The van der Waals surface area contributed by atoms with E-state index in [4.69, 9.17) is 0 Å². The molecule has 0 spiro atoms. The van der Waals surface area contributed by atoms with Crippen molar-refractivity contribution >= 4 is 18.3 Å². The van der Waals surface area contributed by atoms with Crippen LogP contribution in [-0.4, -0.2) is 36.5 Å². The van der Waals surface area contributed by atoms with Crippen LogP contribution < -0.4 is 5.32 Å². The molecule has 1 aromatic carbocycles. The van der Waals surface area contributed by atoms with Crippen LogP contribution in [0, 0.1) is 11.8 Å². The van der Waals surface area contributed by atoms with Crippen molar-refractivity contribution in [2.24, 2.45) is 11.8 Å². The van der Waals surface area contributed by atoms with E-state index in [0.717, 1.165) is 38.9 Å². The summed E-state index contributed by atoms with van der Waals surface area (Å²) >= 11 is 0. The Morgan fingerprint density at radius 1 is 1.27 bits per heavy atom. The average Bonchev–Trinajstić information content (AvgIpc) is 2.46. The number of benzene rings is 1. The van der Waals surface area contributed by atoms with Crippen molar-refractivity contribution in [3.8, 4) is 0 Å². The van der Waals surface area contributed by atoms with Gasteiger partial charge in [0.25, 0.3) is 0 Å². The molecule has 0 bridgehead atoms. The molecule has 22 heavy (non-hydrogen) atoms. The lowest BCUT2D eigenvalue weighted by atomic mass is 9.86. The van der Waals surface area contributed by atoms with Crippen molar-refractivity contribution in [3.05, 3.63) is 35.9 Å². The largest absolute Gasteiger partial charge is 0.339 e. The van der Waals surface area contributed by atoms with E-state index in [1.165, 1.54) is 12.0 Å². The number of likely N-dealkylation sites (tertiary alicyclic amines) is 1. The highest BCUT2D eigenvalue weighted by molar-refractivity contribution is 5.85. The molecule has 0 radical (unpaired) electrons. The number of halogens is 1. The fourth-order valence-corrected chi connectivity index (χ4v) is 3.52. The van der Waals surface area contributed by atoms with Crippen molar-refractivity contribution in [1.29, 1.82) is 0 Å². The van der Waals surface area contributed by atoms with Crippen molar-refractivity contribution in [2.45, 2.75) is 38.6 Å². The van der Waals surface area contributed by atoms with E-state index in [1.807, 2.05) is 0 Å². The van der Waals surface area contributed by atoms with Crippen molar-refractivity contribution in [2.75, 3.05) is 19.6 Å². The predicted molar refractivity (Wildman–Crippen MR) is 92.3 cm³/mol. The molecule has 4 heteroatoms. The number of hydrogen-bond acceptors (Lipinski definition) is 2. The van der Waals surface area contributed by atoms with Crippen LogP contribution in [0.1, 0.15) is 31.7 Å². The lowest BCUT2D eigenvalue weighted by Gasteiger charge is -2.40. The van der Waals surface area contributed by atoms with Crippen molar-refractivity contribution in [3.63, 3.8) is 0 Å². The first-order valence-corrected chi connectivity index (χ1v) is 8.31. The molecule has 0 saturated carbocycles. The molecule has 3 nitrogen and oxygen atoms in total. The zero-order valence-corrected chi connectivity index (χ0v) is 14.1. The highest BCUT2D eigenvalue weighted by Crippen LogP contribution is 2.26. The Kier molecular flexibility index (Phi) is 6.27. The lowest BCUT2D eigenvalue weighted by molar-refractivity contribution is -0.141. The molecule has 1 aromatic rings. The van der Waals surface area contributed by atoms with Crippen LogP contribution >= 0.6 is 12.4 Å². The molecule has 2 aliphatic rings. The van der Waals surface area contributed by atoms with Gasteiger partial charge in [-0.05, 0) is 50.3 Å². The Morgan fingerprint density at radius 3 is 2.64 bits per heavy atom. The molecule has 0 aliphatic carbocycles. The lowest BCUT2D eigenvalue weighted by Crippen LogP contribution is -2.53. The standard InChI is InChI=1S/C18H26N2O.ClH/c1-14(16-12-19-13-16)18(21)20-10-6-5-9-17(20)11-15-7-3-2-4-8-15;/h2-4,7-8,14,16-17,19H,5-6,9-13H2,1H3;1H. The number of carbonyl (C=O) groups excluding carboxylic acids is 1.